The molecule has 1 aliphatic heterocycles. The summed E-state index contributed by atoms with van der Waals surface area (Å²) in [5, 5.41) is 0. The minimum atomic E-state index is 0.242. The summed E-state index contributed by atoms with van der Waals surface area (Å²) in [6.45, 7) is 0.848. The first-order valence-corrected chi connectivity index (χ1v) is 8.45. The lowest BCUT2D eigenvalue weighted by atomic mass is 9.94. The molecule has 116 valence electrons. The molecule has 2 aromatic rings. The standard InChI is InChI=1S/C18H23N3O/c1-20-16-10-6-5-9-15(16)19-18(20)13-11-17(22)21(12-13)14-7-3-2-4-8-14/h5-6,9-10,13-14H,2-4,7-8,11-12H2,1H3/t13-/m1/s1. The van der Waals surface area contributed by atoms with Gasteiger partial charge in [0, 0.05) is 32.0 Å². The highest BCUT2D eigenvalue weighted by molar-refractivity contribution is 5.81. The fraction of sp³-hybridized carbons (Fsp3) is 0.556. The number of amides is 1. The van der Waals surface area contributed by atoms with Gasteiger partial charge in [-0.3, -0.25) is 4.79 Å². The molecule has 4 rings (SSSR count). The van der Waals surface area contributed by atoms with Crippen molar-refractivity contribution in [3.05, 3.63) is 30.1 Å². The first kappa shape index (κ1) is 13.8. The molecule has 1 aromatic carbocycles. The third-order valence-electron chi connectivity index (χ3n) is 5.36. The Bertz CT molecular complexity index is 699. The van der Waals surface area contributed by atoms with Gasteiger partial charge in [-0.1, -0.05) is 31.4 Å². The first-order valence-electron chi connectivity index (χ1n) is 8.45. The average Bonchev–Trinajstić information content (AvgIpc) is 3.09. The number of benzene rings is 1. The molecule has 0 unspecified atom stereocenters. The minimum Gasteiger partial charge on any atom is -0.339 e. The lowest BCUT2D eigenvalue weighted by molar-refractivity contribution is -0.130. The van der Waals surface area contributed by atoms with Crippen molar-refractivity contribution in [2.45, 2.75) is 50.5 Å². The van der Waals surface area contributed by atoms with E-state index >= 15 is 0 Å². The molecule has 1 saturated heterocycles. The fourth-order valence-corrected chi connectivity index (χ4v) is 4.18. The van der Waals surface area contributed by atoms with Gasteiger partial charge in [-0.25, -0.2) is 4.98 Å². The van der Waals surface area contributed by atoms with Crippen LogP contribution in [0.2, 0.25) is 0 Å². The van der Waals surface area contributed by atoms with E-state index in [9.17, 15) is 4.79 Å². The Morgan fingerprint density at radius 2 is 1.91 bits per heavy atom. The van der Waals surface area contributed by atoms with Crippen LogP contribution in [-0.2, 0) is 11.8 Å². The van der Waals surface area contributed by atoms with Crippen molar-refractivity contribution in [2.24, 2.45) is 7.05 Å². The molecular formula is C18H23N3O. The second kappa shape index (κ2) is 5.41. The van der Waals surface area contributed by atoms with Crippen LogP contribution in [0.1, 0.15) is 50.3 Å². The van der Waals surface area contributed by atoms with Crippen molar-refractivity contribution in [3.63, 3.8) is 0 Å². The zero-order valence-corrected chi connectivity index (χ0v) is 13.2. The van der Waals surface area contributed by atoms with E-state index in [2.05, 4.69) is 28.6 Å². The summed E-state index contributed by atoms with van der Waals surface area (Å²) in [6, 6.07) is 8.69. The summed E-state index contributed by atoms with van der Waals surface area (Å²) in [5.74, 6) is 1.63. The number of hydrogen-bond acceptors (Lipinski definition) is 2. The highest BCUT2D eigenvalue weighted by Gasteiger charge is 2.37. The highest BCUT2D eigenvalue weighted by Crippen LogP contribution is 2.34. The van der Waals surface area contributed by atoms with E-state index in [-0.39, 0.29) is 5.92 Å². The molecule has 1 aliphatic carbocycles. The van der Waals surface area contributed by atoms with E-state index in [4.69, 9.17) is 4.98 Å². The average molecular weight is 297 g/mol. The summed E-state index contributed by atoms with van der Waals surface area (Å²) in [6.07, 6.45) is 6.85. The van der Waals surface area contributed by atoms with Crippen LogP contribution in [0.4, 0.5) is 0 Å². The molecule has 0 N–H and O–H groups in total. The molecule has 2 fully saturated rings. The molecule has 1 saturated carbocycles. The van der Waals surface area contributed by atoms with Gasteiger partial charge in [-0.2, -0.15) is 0 Å². The van der Waals surface area contributed by atoms with Gasteiger partial charge in [-0.15, -0.1) is 0 Å². The SMILES string of the molecule is Cn1c([C@@H]2CC(=O)N(C3CCCCC3)C2)nc2ccccc21. The monoisotopic (exact) mass is 297 g/mol. The quantitative estimate of drug-likeness (QED) is 0.853. The van der Waals surface area contributed by atoms with Crippen LogP contribution in [0.3, 0.4) is 0 Å². The number of rotatable bonds is 2. The van der Waals surface area contributed by atoms with Crippen LogP contribution in [-0.4, -0.2) is 32.9 Å². The molecule has 1 amide bonds. The van der Waals surface area contributed by atoms with Crippen LogP contribution in [0, 0.1) is 0 Å². The summed E-state index contributed by atoms with van der Waals surface area (Å²) < 4.78 is 2.16. The number of imidazole rings is 1. The van der Waals surface area contributed by atoms with Gasteiger partial charge < -0.3 is 9.47 Å². The van der Waals surface area contributed by atoms with E-state index < -0.39 is 0 Å². The Hall–Kier alpha value is -1.84. The smallest absolute Gasteiger partial charge is 0.223 e. The van der Waals surface area contributed by atoms with Crippen molar-refractivity contribution < 1.29 is 4.79 Å². The largest absolute Gasteiger partial charge is 0.339 e. The summed E-state index contributed by atoms with van der Waals surface area (Å²) in [4.78, 5) is 19.4. The van der Waals surface area contributed by atoms with Gasteiger partial charge in [0.1, 0.15) is 5.82 Å². The second-order valence-corrected chi connectivity index (χ2v) is 6.76. The predicted octanol–water partition coefficient (Wildman–Crippen LogP) is 3.22. The van der Waals surface area contributed by atoms with Crippen molar-refractivity contribution in [2.75, 3.05) is 6.54 Å². The molecule has 0 radical (unpaired) electrons. The van der Waals surface area contributed by atoms with E-state index in [1.807, 2.05) is 12.1 Å². The lowest BCUT2D eigenvalue weighted by Gasteiger charge is -2.31. The van der Waals surface area contributed by atoms with Gasteiger partial charge in [0.05, 0.1) is 11.0 Å². The fourth-order valence-electron chi connectivity index (χ4n) is 4.18. The molecule has 4 heteroatoms. The number of aryl methyl sites for hydroxylation is 1. The van der Waals surface area contributed by atoms with Crippen molar-refractivity contribution >= 4 is 16.9 Å². The highest BCUT2D eigenvalue weighted by atomic mass is 16.2. The third kappa shape index (κ3) is 2.21. The molecule has 22 heavy (non-hydrogen) atoms. The maximum absolute atomic E-state index is 12.5. The lowest BCUT2D eigenvalue weighted by Crippen LogP contribution is -2.37. The van der Waals surface area contributed by atoms with Crippen LogP contribution in [0.15, 0.2) is 24.3 Å². The second-order valence-electron chi connectivity index (χ2n) is 6.76. The van der Waals surface area contributed by atoms with Crippen LogP contribution in [0.5, 0.6) is 0 Å². The van der Waals surface area contributed by atoms with E-state index in [1.165, 1.54) is 32.1 Å². The number of carbonyl (C=O) groups excluding carboxylic acids is 1. The Labute approximate surface area is 131 Å². The van der Waals surface area contributed by atoms with Gasteiger partial charge >= 0.3 is 0 Å². The van der Waals surface area contributed by atoms with Crippen molar-refractivity contribution in [1.82, 2.24) is 14.5 Å². The number of fused-ring (bicyclic) bond motifs is 1. The Balaban J connectivity index is 1.60. The minimum absolute atomic E-state index is 0.242. The van der Waals surface area contributed by atoms with Crippen LogP contribution in [0.25, 0.3) is 11.0 Å². The Kier molecular flexibility index (Phi) is 3.40. The third-order valence-corrected chi connectivity index (χ3v) is 5.36. The van der Waals surface area contributed by atoms with Crippen LogP contribution < -0.4 is 0 Å². The van der Waals surface area contributed by atoms with E-state index in [1.54, 1.807) is 0 Å². The van der Waals surface area contributed by atoms with E-state index in [0.717, 1.165) is 23.4 Å². The maximum atomic E-state index is 12.5. The molecule has 1 aromatic heterocycles. The molecule has 2 heterocycles. The van der Waals surface area contributed by atoms with Gasteiger partial charge in [0.25, 0.3) is 0 Å². The Morgan fingerprint density at radius 3 is 2.68 bits per heavy atom. The number of likely N-dealkylation sites (tertiary alicyclic amines) is 1. The maximum Gasteiger partial charge on any atom is 0.223 e. The molecule has 1 atom stereocenters. The Morgan fingerprint density at radius 1 is 1.14 bits per heavy atom. The van der Waals surface area contributed by atoms with E-state index in [0.29, 0.717) is 18.4 Å². The number of aromatic nitrogens is 2. The summed E-state index contributed by atoms with van der Waals surface area (Å²) in [5.41, 5.74) is 2.18. The van der Waals surface area contributed by atoms with Crippen molar-refractivity contribution in [3.8, 4) is 0 Å². The first-order chi connectivity index (χ1) is 10.7. The van der Waals surface area contributed by atoms with Crippen LogP contribution >= 0.6 is 0 Å². The van der Waals surface area contributed by atoms with Gasteiger partial charge in [0.15, 0.2) is 0 Å². The number of para-hydroxylation sites is 2. The molecule has 4 nitrogen and oxygen atoms in total. The van der Waals surface area contributed by atoms with Crippen molar-refractivity contribution in [1.29, 1.82) is 0 Å². The molecular weight excluding hydrogens is 274 g/mol. The number of hydrogen-bond donors (Lipinski definition) is 0. The molecule has 0 spiro atoms. The summed E-state index contributed by atoms with van der Waals surface area (Å²) in [7, 11) is 2.07. The van der Waals surface area contributed by atoms with Gasteiger partial charge in [-0.05, 0) is 25.0 Å². The summed E-state index contributed by atoms with van der Waals surface area (Å²) >= 11 is 0. The number of nitrogens with zero attached hydrogens (tertiary/aromatic N) is 3. The zero-order chi connectivity index (χ0) is 15.1. The molecule has 0 bridgehead atoms. The zero-order valence-electron chi connectivity index (χ0n) is 13.2. The number of carbonyl (C=O) groups is 1. The normalized spacial score (nSPS) is 23.6. The topological polar surface area (TPSA) is 38.1 Å². The predicted molar refractivity (Wildman–Crippen MR) is 86.7 cm³/mol. The van der Waals surface area contributed by atoms with Gasteiger partial charge in [0.2, 0.25) is 5.91 Å². The molecule has 2 aliphatic rings.